The van der Waals surface area contributed by atoms with E-state index in [1.54, 1.807) is 51.6 Å². The van der Waals surface area contributed by atoms with Crippen LogP contribution in [0.5, 0.6) is 11.5 Å². The largest absolute Gasteiger partial charge is 0.510 e. The number of fused-ring (bicyclic) bond motifs is 4. The molecule has 0 spiro atoms. The first-order valence-corrected chi connectivity index (χ1v) is 25.6. The van der Waals surface area contributed by atoms with Gasteiger partial charge in [0.1, 0.15) is 5.82 Å². The number of rotatable bonds is 9. The summed E-state index contributed by atoms with van der Waals surface area (Å²) in [5.41, 5.74) is 5.68. The molecule has 12 rings (SSSR count). The van der Waals surface area contributed by atoms with Crippen LogP contribution >= 0.6 is 0 Å². The molecule has 9 aromatic carbocycles. The van der Waals surface area contributed by atoms with E-state index < -0.39 is 90.8 Å². The quantitative estimate of drug-likeness (QED) is 0.107. The van der Waals surface area contributed by atoms with Gasteiger partial charge in [-0.15, -0.1) is 29.7 Å². The van der Waals surface area contributed by atoms with Crippen LogP contribution in [0.25, 0.3) is 94.5 Å². The summed E-state index contributed by atoms with van der Waals surface area (Å²) >= 11 is 0. The summed E-state index contributed by atoms with van der Waals surface area (Å²) < 4.78 is 169. The Morgan fingerprint density at radius 3 is 1.84 bits per heavy atom. The smallest absolute Gasteiger partial charge is 0.268 e. The third-order valence-corrected chi connectivity index (χ3v) is 14.0. The number of para-hydroxylation sites is 1. The predicted molar refractivity (Wildman–Crippen MR) is 323 cm³/mol. The number of nitrogens with zero attached hydrogens (tertiary/aromatic N) is 4. The minimum absolute atomic E-state index is 0. The van der Waals surface area contributed by atoms with Gasteiger partial charge in [0.05, 0.1) is 37.3 Å². The molecule has 0 aliphatic carbocycles. The maximum Gasteiger partial charge on any atom is 0.268 e. The zero-order valence-corrected chi connectivity index (χ0v) is 47.3. The first-order valence-electron chi connectivity index (χ1n) is 34.6. The van der Waals surface area contributed by atoms with Crippen molar-refractivity contribution in [1.82, 2.24) is 14.1 Å². The van der Waals surface area contributed by atoms with Crippen molar-refractivity contribution in [3.05, 3.63) is 247 Å². The molecule has 0 saturated carbocycles. The van der Waals surface area contributed by atoms with Crippen molar-refractivity contribution < 1.29 is 55.0 Å². The summed E-state index contributed by atoms with van der Waals surface area (Å²) in [5.74, 6) is 0.542. The molecule has 0 amide bonds. The van der Waals surface area contributed by atoms with Gasteiger partial charge < -0.3 is 13.9 Å². The molecule has 3 aromatic heterocycles. The zero-order chi connectivity index (χ0) is 69.6. The molecule has 0 aliphatic heterocycles. The summed E-state index contributed by atoms with van der Waals surface area (Å²) in [7, 11) is 0. The number of hydrogen-bond donors (Lipinski definition) is 0. The van der Waals surface area contributed by atoms with Gasteiger partial charge >= 0.3 is 0 Å². The second kappa shape index (κ2) is 20.6. The molecular formula is C73H64N4OPt-2. The van der Waals surface area contributed by atoms with Crippen LogP contribution < -0.4 is 9.30 Å². The van der Waals surface area contributed by atoms with Gasteiger partial charge in [-0.1, -0.05) is 213 Å². The van der Waals surface area contributed by atoms with Gasteiger partial charge in [0.15, 0.2) is 0 Å². The molecule has 0 saturated heterocycles. The van der Waals surface area contributed by atoms with Crippen LogP contribution in [0.4, 0.5) is 0 Å². The fourth-order valence-corrected chi connectivity index (χ4v) is 9.93. The van der Waals surface area contributed by atoms with Gasteiger partial charge in [0, 0.05) is 54.0 Å². The van der Waals surface area contributed by atoms with Crippen molar-refractivity contribution in [1.29, 1.82) is 0 Å². The molecule has 0 aliphatic rings. The zero-order valence-electron chi connectivity index (χ0n) is 63.0. The second-order valence-electron chi connectivity index (χ2n) is 22.5. The van der Waals surface area contributed by atoms with Crippen LogP contribution in [-0.4, -0.2) is 14.1 Å². The average Bonchev–Trinajstić information content (AvgIpc) is 1.26. The normalized spacial score (nSPS) is 15.5. The van der Waals surface area contributed by atoms with E-state index in [0.717, 1.165) is 22.1 Å². The number of aromatic nitrogens is 4. The Bertz CT molecular complexity index is 5170. The monoisotopic (exact) mass is 1230 g/mol. The molecule has 0 fully saturated rings. The van der Waals surface area contributed by atoms with Crippen molar-refractivity contribution >= 4 is 32.8 Å². The van der Waals surface area contributed by atoms with Crippen LogP contribution in [0.15, 0.2) is 206 Å². The van der Waals surface area contributed by atoms with Crippen molar-refractivity contribution in [2.75, 3.05) is 0 Å². The third-order valence-electron chi connectivity index (χ3n) is 14.0. The molecule has 79 heavy (non-hydrogen) atoms. The third kappa shape index (κ3) is 10.2. The van der Waals surface area contributed by atoms with Gasteiger partial charge in [-0.2, -0.15) is 18.2 Å². The fraction of sp³-hybridized carbons (Fsp3) is 0.178. The topological polar surface area (TPSA) is 35.9 Å². The molecule has 0 unspecified atom stereocenters. The van der Waals surface area contributed by atoms with Gasteiger partial charge in [-0.3, -0.25) is 4.57 Å². The maximum absolute atomic E-state index is 9.26. The van der Waals surface area contributed by atoms with E-state index in [1.165, 1.54) is 12.3 Å². The summed E-state index contributed by atoms with van der Waals surface area (Å²) in [6.45, 7) is 16.0. The number of aryl methyl sites for hydroxylation is 1. The summed E-state index contributed by atoms with van der Waals surface area (Å²) in [6, 6.07) is 32.2. The van der Waals surface area contributed by atoms with Crippen LogP contribution in [0.2, 0.25) is 0 Å². The Morgan fingerprint density at radius 2 is 1.18 bits per heavy atom. The molecule has 3 heterocycles. The first kappa shape index (κ1) is 35.4. The predicted octanol–water partition coefficient (Wildman–Crippen LogP) is 18.5. The van der Waals surface area contributed by atoms with E-state index in [9.17, 15) is 2.74 Å². The molecule has 0 N–H and O–H groups in total. The Kier molecular flexibility index (Phi) is 9.23. The van der Waals surface area contributed by atoms with Crippen molar-refractivity contribution in [2.45, 2.75) is 85.4 Å². The van der Waals surface area contributed by atoms with Gasteiger partial charge in [0.2, 0.25) is 0 Å². The molecule has 0 radical (unpaired) electrons. The Labute approximate surface area is 505 Å². The van der Waals surface area contributed by atoms with E-state index in [4.69, 9.17) is 31.7 Å². The van der Waals surface area contributed by atoms with E-state index in [1.807, 2.05) is 67.8 Å². The Balaban J connectivity index is 0.00000954. The summed E-state index contributed by atoms with van der Waals surface area (Å²) in [6.07, 6.45) is 4.88. The summed E-state index contributed by atoms with van der Waals surface area (Å²) in [4.78, 5) is 4.71. The van der Waals surface area contributed by atoms with E-state index >= 15 is 0 Å². The number of hydrogen-bond acceptors (Lipinski definition) is 2. The minimum atomic E-state index is -2.84. The second-order valence-corrected chi connectivity index (χ2v) is 22.5. The van der Waals surface area contributed by atoms with Crippen molar-refractivity contribution in [3.63, 3.8) is 0 Å². The minimum Gasteiger partial charge on any atom is -0.510 e. The van der Waals surface area contributed by atoms with Crippen LogP contribution in [0, 0.1) is 25.3 Å². The Hall–Kier alpha value is -8.11. The van der Waals surface area contributed by atoms with Crippen LogP contribution in [0.3, 0.4) is 0 Å². The molecular weight excluding hydrogens is 1140 g/mol. The number of benzene rings is 9. The molecule has 0 bridgehead atoms. The first-order chi connectivity index (χ1) is 44.9. The van der Waals surface area contributed by atoms with Crippen LogP contribution in [0.1, 0.15) is 109 Å². The fourth-order valence-electron chi connectivity index (χ4n) is 9.93. The molecule has 6 heteroatoms. The summed E-state index contributed by atoms with van der Waals surface area (Å²) in [5, 5.41) is 1.46. The molecule has 0 atom stereocenters. The van der Waals surface area contributed by atoms with E-state index in [2.05, 4.69) is 78.2 Å². The van der Waals surface area contributed by atoms with E-state index in [0.29, 0.717) is 61.1 Å². The van der Waals surface area contributed by atoms with Crippen LogP contribution in [-0.2, 0) is 37.3 Å². The van der Waals surface area contributed by atoms with Gasteiger partial charge in [-0.05, 0) is 120 Å². The molecule has 5 nitrogen and oxygen atoms in total. The SMILES string of the molecule is [2H]c1c([2H])c([2H])c(-c2cc(-c3cc(C(C)(C)C)cc(C(C)(C)C)c3)c(-[n+]3[c-]n(-c4[c-]c(Oc5[c-]c6c(cc5)c5ccccc5n6-c5cc(C([2H])([2H])[2H])c(-c6c([2H])c([2H])c([2H])c([2H])c6[2H])cn5)ccc4)c4cc(-c5c([2H])c([2H])c([2H])c([2H])c5[2H])ccc43)c(C(C)(C)C)c2)c([2H])c1[2H].[Pt]. The standard InChI is InChI=1S/C73H64N4O.Pt/c1-48-37-69(74-46-63(48)51-27-18-13-19-28-51)77-65-32-21-20-31-60(65)61-35-34-59(45-67(61)77)78-58-30-22-29-57(44-58)75-47-76(66-36-33-52(42-68(66)75)49-23-14-11-15-24-49)70-62(54-38-55(71(2,3)4)43-56(39-54)72(5,6)7)40-53(41-64(70)73(8,9)10)50-25-16-12-17-26-50;/h11-43,46H,1-10H3;/q-2;/i1D3,11D,12D,13D,14D,15D,16D,17D,18D,19D,23D,24D,25D,26D,27D,28D;. The molecule has 394 valence electrons. The Morgan fingerprint density at radius 1 is 0.532 bits per heavy atom. The number of imidazole rings is 1. The molecule has 12 aromatic rings. The number of ether oxygens (including phenoxy) is 1. The van der Waals surface area contributed by atoms with E-state index in [-0.39, 0.29) is 89.1 Å². The van der Waals surface area contributed by atoms with Crippen molar-refractivity contribution in [2.24, 2.45) is 0 Å². The number of pyridine rings is 1. The average molecular weight is 1230 g/mol. The van der Waals surface area contributed by atoms with Crippen molar-refractivity contribution in [3.8, 4) is 73.2 Å². The maximum atomic E-state index is 9.26. The van der Waals surface area contributed by atoms with Gasteiger partial charge in [0.25, 0.3) is 6.33 Å². The van der Waals surface area contributed by atoms with Gasteiger partial charge in [-0.25, -0.2) is 4.98 Å².